The zero-order chi connectivity index (χ0) is 47.7. The molecule has 64 heavy (non-hydrogen) atoms. The summed E-state index contributed by atoms with van der Waals surface area (Å²) in [5.41, 5.74) is 1.93. The molecule has 22 heteroatoms. The molecule has 0 bridgehead atoms. The monoisotopic (exact) mass is 1160 g/mol. The second kappa shape index (κ2) is 19.2. The lowest BCUT2D eigenvalue weighted by atomic mass is 9.93. The summed E-state index contributed by atoms with van der Waals surface area (Å²) in [4.78, 5) is 25.1. The minimum atomic E-state index is -5.09. The molecule has 0 saturated heterocycles. The van der Waals surface area contributed by atoms with E-state index in [1.165, 1.54) is 24.3 Å². The number of benzene rings is 6. The Balaban J connectivity index is 0.000000274. The Hall–Kier alpha value is -5.06. The fourth-order valence-corrected chi connectivity index (χ4v) is 7.49. The molecule has 0 spiro atoms. The molecule has 0 atom stereocenters. The molecular weight excluding hydrogens is 1140 g/mol. The molecule has 6 nitrogen and oxygen atoms in total. The van der Waals surface area contributed by atoms with Crippen LogP contribution in [0, 0.1) is 0 Å². The molecule has 6 rings (SSSR count). The number of hydrogen-bond acceptors (Lipinski definition) is 4. The van der Waals surface area contributed by atoms with Crippen molar-refractivity contribution in [3.05, 3.63) is 160 Å². The normalized spacial score (nSPS) is 12.0. The van der Waals surface area contributed by atoms with Gasteiger partial charge in [0, 0.05) is 40.4 Å². The Bertz CT molecular complexity index is 2540. The first-order valence-electron chi connectivity index (χ1n) is 17.4. The standard InChI is InChI=1S/C28H16Br2F6N2O2.C14H8Br2F6N2/c29-21-11-17(19(27(31,32)33)13-23(21)37-25(39)15-7-3-1-4-8-15)18-12-22(30)24(14-20(18)28(34,35)36)38-26(40)16-9-5-2-6-10-16;15-9-1-5(7(3-11(9)23)13(17,18)19)6-2-10(16)12(24)4-8(6)14(20,21)22/h1-14H,(H,37,39)(H,38,40);1-4H,23-24H2. The lowest BCUT2D eigenvalue weighted by Crippen LogP contribution is -2.16. The van der Waals surface area contributed by atoms with Crippen LogP contribution in [0.4, 0.5) is 75.4 Å². The highest BCUT2D eigenvalue weighted by molar-refractivity contribution is 9.11. The summed E-state index contributed by atoms with van der Waals surface area (Å²) in [6.07, 6.45) is -19.9. The molecule has 6 aromatic carbocycles. The van der Waals surface area contributed by atoms with Crippen molar-refractivity contribution in [2.45, 2.75) is 24.7 Å². The fourth-order valence-electron chi connectivity index (χ4n) is 5.92. The fraction of sp³-hybridized carbons (Fsp3) is 0.0952. The van der Waals surface area contributed by atoms with Crippen molar-refractivity contribution < 1.29 is 62.3 Å². The van der Waals surface area contributed by atoms with Crippen molar-refractivity contribution in [2.24, 2.45) is 0 Å². The summed E-state index contributed by atoms with van der Waals surface area (Å²) in [6, 6.07) is 21.2. The number of amides is 2. The molecular formula is C42H24Br4F12N4O2. The highest BCUT2D eigenvalue weighted by atomic mass is 79.9. The van der Waals surface area contributed by atoms with Gasteiger partial charge in [0.2, 0.25) is 0 Å². The summed E-state index contributed by atoms with van der Waals surface area (Å²) >= 11 is 12.0. The third-order valence-electron chi connectivity index (χ3n) is 8.86. The number of nitrogens with one attached hydrogen (secondary N) is 2. The lowest BCUT2D eigenvalue weighted by molar-refractivity contribution is -0.139. The molecule has 0 fully saturated rings. The van der Waals surface area contributed by atoms with Crippen LogP contribution in [-0.2, 0) is 24.7 Å². The SMILES string of the molecule is Nc1cc(C(F)(F)F)c(-c2cc(Br)c(N)cc2C(F)(F)F)cc1Br.O=C(Nc1cc(C(F)(F)F)c(-c2cc(Br)c(NC(=O)c3ccccc3)cc2C(F)(F)F)cc1Br)c1ccccc1. The van der Waals surface area contributed by atoms with Crippen molar-refractivity contribution in [3.63, 3.8) is 0 Å². The maximum atomic E-state index is 14.2. The summed E-state index contributed by atoms with van der Waals surface area (Å²) in [6.45, 7) is 0. The van der Waals surface area contributed by atoms with Gasteiger partial charge in [0.05, 0.1) is 33.6 Å². The largest absolute Gasteiger partial charge is 0.417 e. The van der Waals surface area contributed by atoms with E-state index < -0.39 is 81.0 Å². The summed E-state index contributed by atoms with van der Waals surface area (Å²) in [7, 11) is 0. The number of halogens is 16. The van der Waals surface area contributed by atoms with Gasteiger partial charge in [-0.1, -0.05) is 36.4 Å². The molecule has 0 aliphatic rings. The molecule has 0 aliphatic carbocycles. The van der Waals surface area contributed by atoms with Crippen LogP contribution in [0.1, 0.15) is 43.0 Å². The van der Waals surface area contributed by atoms with E-state index in [4.69, 9.17) is 11.5 Å². The van der Waals surface area contributed by atoms with Crippen molar-refractivity contribution in [2.75, 3.05) is 22.1 Å². The van der Waals surface area contributed by atoms with Gasteiger partial charge in [0.1, 0.15) is 0 Å². The van der Waals surface area contributed by atoms with E-state index >= 15 is 0 Å². The first-order valence-corrected chi connectivity index (χ1v) is 20.6. The Morgan fingerprint density at radius 2 is 0.641 bits per heavy atom. The van der Waals surface area contributed by atoms with Crippen molar-refractivity contribution in [3.8, 4) is 22.3 Å². The van der Waals surface area contributed by atoms with E-state index in [1.54, 1.807) is 36.4 Å². The van der Waals surface area contributed by atoms with Crippen LogP contribution in [-0.4, -0.2) is 11.8 Å². The van der Waals surface area contributed by atoms with Gasteiger partial charge in [-0.05, 0) is 159 Å². The maximum absolute atomic E-state index is 14.2. The summed E-state index contributed by atoms with van der Waals surface area (Å²) in [5, 5.41) is 4.71. The second-order valence-corrected chi connectivity index (χ2v) is 16.6. The van der Waals surface area contributed by atoms with Crippen LogP contribution in [0.2, 0.25) is 0 Å². The lowest BCUT2D eigenvalue weighted by Gasteiger charge is -2.21. The molecule has 336 valence electrons. The molecule has 0 saturated carbocycles. The Labute approximate surface area is 387 Å². The van der Waals surface area contributed by atoms with Gasteiger partial charge in [0.15, 0.2) is 0 Å². The number of nitrogen functional groups attached to an aromatic ring is 2. The molecule has 0 unspecified atom stereocenters. The molecule has 6 aromatic rings. The number of alkyl halides is 12. The van der Waals surface area contributed by atoms with Crippen molar-refractivity contribution >= 4 is 98.3 Å². The van der Waals surface area contributed by atoms with Gasteiger partial charge in [-0.25, -0.2) is 0 Å². The quantitative estimate of drug-likeness (QED) is 0.0984. The van der Waals surface area contributed by atoms with Gasteiger partial charge in [0.25, 0.3) is 11.8 Å². The van der Waals surface area contributed by atoms with Crippen LogP contribution < -0.4 is 22.1 Å². The summed E-state index contributed by atoms with van der Waals surface area (Å²) in [5.74, 6) is -1.42. The van der Waals surface area contributed by atoms with Crippen LogP contribution >= 0.6 is 63.7 Å². The average molecular weight is 1160 g/mol. The minimum absolute atomic E-state index is 0.0478. The van der Waals surface area contributed by atoms with Gasteiger partial charge in [-0.3, -0.25) is 9.59 Å². The van der Waals surface area contributed by atoms with Crippen LogP contribution in [0.5, 0.6) is 0 Å². The van der Waals surface area contributed by atoms with E-state index in [0.717, 1.165) is 24.3 Å². The second-order valence-electron chi connectivity index (χ2n) is 13.2. The third kappa shape index (κ3) is 11.8. The molecule has 2 amide bonds. The smallest absolute Gasteiger partial charge is 0.398 e. The minimum Gasteiger partial charge on any atom is -0.398 e. The Morgan fingerprint density at radius 3 is 0.906 bits per heavy atom. The van der Waals surface area contributed by atoms with E-state index in [9.17, 15) is 62.3 Å². The molecule has 0 aliphatic heterocycles. The first-order chi connectivity index (χ1) is 29.6. The number of carbonyl (C=O) groups excluding carboxylic acids is 2. The van der Waals surface area contributed by atoms with Gasteiger partial charge in [-0.2, -0.15) is 52.7 Å². The summed E-state index contributed by atoms with van der Waals surface area (Å²) < 4.78 is 165. The number of rotatable bonds is 6. The predicted molar refractivity (Wildman–Crippen MR) is 232 cm³/mol. The van der Waals surface area contributed by atoms with Crippen LogP contribution in [0.15, 0.2) is 127 Å². The molecule has 6 N–H and O–H groups in total. The third-order valence-corrected chi connectivity index (χ3v) is 11.5. The predicted octanol–water partition coefficient (Wildman–Crippen LogP) is 15.5. The van der Waals surface area contributed by atoms with Crippen molar-refractivity contribution in [1.82, 2.24) is 0 Å². The highest BCUT2D eigenvalue weighted by Gasteiger charge is 2.41. The zero-order valence-electron chi connectivity index (χ0n) is 31.4. The average Bonchev–Trinajstić information content (AvgIpc) is 3.20. The number of nitrogens with two attached hydrogens (primary N) is 2. The topological polar surface area (TPSA) is 110 Å². The number of anilines is 4. The van der Waals surface area contributed by atoms with E-state index in [1.807, 2.05) is 0 Å². The molecule has 0 heterocycles. The Morgan fingerprint density at radius 1 is 0.391 bits per heavy atom. The van der Waals surface area contributed by atoms with Crippen molar-refractivity contribution in [1.29, 1.82) is 0 Å². The van der Waals surface area contributed by atoms with Gasteiger partial charge >= 0.3 is 24.7 Å². The number of carbonyl (C=O) groups is 2. The first kappa shape index (κ1) is 49.9. The number of hydrogen-bond donors (Lipinski definition) is 4. The molecule has 0 aromatic heterocycles. The molecule has 0 radical (unpaired) electrons. The van der Waals surface area contributed by atoms with E-state index in [0.29, 0.717) is 24.3 Å². The van der Waals surface area contributed by atoms with Crippen LogP contribution in [0.3, 0.4) is 0 Å². The Kier molecular flexibility index (Phi) is 15.0. The van der Waals surface area contributed by atoms with Gasteiger partial charge < -0.3 is 22.1 Å². The zero-order valence-corrected chi connectivity index (χ0v) is 37.8. The maximum Gasteiger partial charge on any atom is 0.417 e. The van der Waals surface area contributed by atoms with E-state index in [-0.39, 0.29) is 51.8 Å². The highest BCUT2D eigenvalue weighted by Crippen LogP contribution is 2.49. The van der Waals surface area contributed by atoms with Crippen LogP contribution in [0.25, 0.3) is 22.3 Å². The van der Waals surface area contributed by atoms with Gasteiger partial charge in [-0.15, -0.1) is 0 Å². The van der Waals surface area contributed by atoms with E-state index in [2.05, 4.69) is 74.4 Å².